The van der Waals surface area contributed by atoms with Crippen LogP contribution in [0.15, 0.2) is 24.3 Å². The fourth-order valence-electron chi connectivity index (χ4n) is 2.92. The van der Waals surface area contributed by atoms with Crippen LogP contribution in [-0.4, -0.2) is 30.6 Å². The highest BCUT2D eigenvalue weighted by atomic mass is 19.4. The lowest BCUT2D eigenvalue weighted by molar-refractivity contribution is -0.138. The van der Waals surface area contributed by atoms with Crippen molar-refractivity contribution in [1.29, 1.82) is 0 Å². The molecule has 0 radical (unpaired) electrons. The number of benzene rings is 1. The number of rotatable bonds is 5. The van der Waals surface area contributed by atoms with Gasteiger partial charge >= 0.3 is 6.18 Å². The SMILES string of the molecule is CC(C)CN(Cc1ccccc1C(F)(F)F)[C@H]1CCNC1. The number of halogens is 3. The Morgan fingerprint density at radius 1 is 1.29 bits per heavy atom. The number of hydrogen-bond acceptors (Lipinski definition) is 2. The fourth-order valence-corrected chi connectivity index (χ4v) is 2.92. The molecule has 21 heavy (non-hydrogen) atoms. The van der Waals surface area contributed by atoms with Gasteiger partial charge in [-0.2, -0.15) is 13.2 Å². The zero-order valence-electron chi connectivity index (χ0n) is 12.6. The van der Waals surface area contributed by atoms with Crippen LogP contribution in [0, 0.1) is 5.92 Å². The molecule has 118 valence electrons. The first kappa shape index (κ1) is 16.3. The third kappa shape index (κ3) is 4.45. The molecule has 0 unspecified atom stereocenters. The molecule has 1 N–H and O–H groups in total. The lowest BCUT2D eigenvalue weighted by atomic mass is 10.0. The Bertz CT molecular complexity index is 451. The van der Waals surface area contributed by atoms with E-state index in [0.29, 0.717) is 24.1 Å². The van der Waals surface area contributed by atoms with E-state index < -0.39 is 11.7 Å². The highest BCUT2D eigenvalue weighted by Crippen LogP contribution is 2.32. The lowest BCUT2D eigenvalue weighted by Gasteiger charge is -2.31. The average Bonchev–Trinajstić information content (AvgIpc) is 2.90. The summed E-state index contributed by atoms with van der Waals surface area (Å²) >= 11 is 0. The zero-order valence-corrected chi connectivity index (χ0v) is 12.6. The van der Waals surface area contributed by atoms with Gasteiger partial charge in [0.15, 0.2) is 0 Å². The molecule has 1 aliphatic heterocycles. The van der Waals surface area contributed by atoms with E-state index in [4.69, 9.17) is 0 Å². The predicted molar refractivity (Wildman–Crippen MR) is 78.0 cm³/mol. The van der Waals surface area contributed by atoms with Crippen molar-refractivity contribution in [2.24, 2.45) is 5.92 Å². The van der Waals surface area contributed by atoms with Crippen LogP contribution >= 0.6 is 0 Å². The summed E-state index contributed by atoms with van der Waals surface area (Å²) in [4.78, 5) is 2.19. The lowest BCUT2D eigenvalue weighted by Crippen LogP contribution is -2.39. The minimum absolute atomic E-state index is 0.327. The van der Waals surface area contributed by atoms with Crippen LogP contribution in [-0.2, 0) is 12.7 Å². The van der Waals surface area contributed by atoms with Crippen molar-refractivity contribution in [3.63, 3.8) is 0 Å². The van der Waals surface area contributed by atoms with E-state index in [0.717, 1.165) is 26.1 Å². The molecule has 1 heterocycles. The van der Waals surface area contributed by atoms with Gasteiger partial charge in [-0.05, 0) is 30.5 Å². The molecule has 0 amide bonds. The van der Waals surface area contributed by atoms with Crippen molar-refractivity contribution in [1.82, 2.24) is 10.2 Å². The molecule has 0 aliphatic carbocycles. The molecular formula is C16H23F3N2. The van der Waals surface area contributed by atoms with Crippen LogP contribution in [0.25, 0.3) is 0 Å². The van der Waals surface area contributed by atoms with Gasteiger partial charge in [-0.15, -0.1) is 0 Å². The van der Waals surface area contributed by atoms with E-state index in [2.05, 4.69) is 24.1 Å². The van der Waals surface area contributed by atoms with E-state index in [-0.39, 0.29) is 0 Å². The number of hydrogen-bond donors (Lipinski definition) is 1. The molecule has 2 nitrogen and oxygen atoms in total. The van der Waals surface area contributed by atoms with E-state index in [9.17, 15) is 13.2 Å². The Balaban J connectivity index is 2.20. The van der Waals surface area contributed by atoms with Gasteiger partial charge in [-0.1, -0.05) is 32.0 Å². The Kier molecular flexibility index (Phi) is 5.27. The highest BCUT2D eigenvalue weighted by molar-refractivity contribution is 5.29. The third-order valence-electron chi connectivity index (χ3n) is 3.85. The summed E-state index contributed by atoms with van der Waals surface area (Å²) in [7, 11) is 0. The van der Waals surface area contributed by atoms with Crippen LogP contribution in [0.4, 0.5) is 13.2 Å². The Labute approximate surface area is 124 Å². The summed E-state index contributed by atoms with van der Waals surface area (Å²) < 4.78 is 39.3. The van der Waals surface area contributed by atoms with Crippen molar-refractivity contribution in [2.45, 2.75) is 39.0 Å². The van der Waals surface area contributed by atoms with Crippen LogP contribution in [0.1, 0.15) is 31.4 Å². The summed E-state index contributed by atoms with van der Waals surface area (Å²) in [6.45, 7) is 7.19. The van der Waals surface area contributed by atoms with Gasteiger partial charge in [0.25, 0.3) is 0 Å². The number of alkyl halides is 3. The second-order valence-corrected chi connectivity index (χ2v) is 6.12. The standard InChI is InChI=1S/C16H23F3N2/c1-12(2)10-21(14-7-8-20-9-14)11-13-5-3-4-6-15(13)16(17,18)19/h3-6,12,14,20H,7-11H2,1-2H3/t14-/m0/s1. The van der Waals surface area contributed by atoms with E-state index in [1.807, 2.05) is 0 Å². The summed E-state index contributed by atoms with van der Waals surface area (Å²) in [6, 6.07) is 6.24. The zero-order chi connectivity index (χ0) is 15.5. The molecule has 5 heteroatoms. The Morgan fingerprint density at radius 2 is 2.00 bits per heavy atom. The van der Waals surface area contributed by atoms with Gasteiger partial charge in [-0.3, -0.25) is 4.90 Å². The maximum absolute atomic E-state index is 13.1. The molecule has 1 saturated heterocycles. The summed E-state index contributed by atoms with van der Waals surface area (Å²) in [5, 5.41) is 3.29. The topological polar surface area (TPSA) is 15.3 Å². The van der Waals surface area contributed by atoms with Gasteiger partial charge in [-0.25, -0.2) is 0 Å². The van der Waals surface area contributed by atoms with E-state index >= 15 is 0 Å². The van der Waals surface area contributed by atoms with Gasteiger partial charge in [0.2, 0.25) is 0 Å². The molecule has 1 aromatic carbocycles. The van der Waals surface area contributed by atoms with Gasteiger partial charge in [0.1, 0.15) is 0 Å². The first-order valence-corrected chi connectivity index (χ1v) is 7.48. The quantitative estimate of drug-likeness (QED) is 0.895. The monoisotopic (exact) mass is 300 g/mol. The molecule has 0 spiro atoms. The normalized spacial score (nSPS) is 19.7. The minimum Gasteiger partial charge on any atom is -0.315 e. The predicted octanol–water partition coefficient (Wildman–Crippen LogP) is 3.53. The third-order valence-corrected chi connectivity index (χ3v) is 3.85. The maximum atomic E-state index is 13.1. The van der Waals surface area contributed by atoms with Crippen LogP contribution in [0.5, 0.6) is 0 Å². The maximum Gasteiger partial charge on any atom is 0.416 e. The Hall–Kier alpha value is -1.07. The minimum atomic E-state index is -4.28. The second kappa shape index (κ2) is 6.79. The van der Waals surface area contributed by atoms with Crippen molar-refractivity contribution >= 4 is 0 Å². The van der Waals surface area contributed by atoms with Crippen molar-refractivity contribution in [3.05, 3.63) is 35.4 Å². The largest absolute Gasteiger partial charge is 0.416 e. The molecule has 0 aromatic heterocycles. The van der Waals surface area contributed by atoms with Crippen molar-refractivity contribution in [2.75, 3.05) is 19.6 Å². The van der Waals surface area contributed by atoms with Gasteiger partial charge in [0, 0.05) is 25.7 Å². The first-order valence-electron chi connectivity index (χ1n) is 7.48. The second-order valence-electron chi connectivity index (χ2n) is 6.12. The fraction of sp³-hybridized carbons (Fsp3) is 0.625. The summed E-state index contributed by atoms with van der Waals surface area (Å²) in [6.07, 6.45) is -3.28. The van der Waals surface area contributed by atoms with Crippen LogP contribution < -0.4 is 5.32 Å². The molecule has 1 aliphatic rings. The Morgan fingerprint density at radius 3 is 2.57 bits per heavy atom. The molecular weight excluding hydrogens is 277 g/mol. The molecule has 0 saturated carbocycles. The molecule has 2 rings (SSSR count). The van der Waals surface area contributed by atoms with Crippen molar-refractivity contribution < 1.29 is 13.2 Å². The summed E-state index contributed by atoms with van der Waals surface area (Å²) in [5.41, 5.74) is -0.137. The molecule has 1 fully saturated rings. The van der Waals surface area contributed by atoms with Gasteiger partial charge < -0.3 is 5.32 Å². The molecule has 1 aromatic rings. The van der Waals surface area contributed by atoms with Crippen molar-refractivity contribution in [3.8, 4) is 0 Å². The number of nitrogens with one attached hydrogen (secondary N) is 1. The van der Waals surface area contributed by atoms with Crippen LogP contribution in [0.2, 0.25) is 0 Å². The van der Waals surface area contributed by atoms with E-state index in [1.165, 1.54) is 12.1 Å². The number of nitrogens with zero attached hydrogens (tertiary/aromatic N) is 1. The van der Waals surface area contributed by atoms with E-state index in [1.54, 1.807) is 12.1 Å². The average molecular weight is 300 g/mol. The molecule has 0 bridgehead atoms. The smallest absolute Gasteiger partial charge is 0.315 e. The van der Waals surface area contributed by atoms with Crippen LogP contribution in [0.3, 0.4) is 0 Å². The highest BCUT2D eigenvalue weighted by Gasteiger charge is 2.34. The molecule has 1 atom stereocenters. The first-order chi connectivity index (χ1) is 9.88. The summed E-state index contributed by atoms with van der Waals surface area (Å²) in [5.74, 6) is 0.434. The van der Waals surface area contributed by atoms with Gasteiger partial charge in [0.05, 0.1) is 5.56 Å².